The SMILES string of the molecule is CSCCC(NC(=O)C(Cc1ccccc1)NC(=O)C(C)NC(=O)CN)C(=O)O. The molecule has 160 valence electrons. The number of benzene rings is 1. The van der Waals surface area contributed by atoms with Crippen LogP contribution >= 0.6 is 11.8 Å². The van der Waals surface area contributed by atoms with Gasteiger partial charge in [0.25, 0.3) is 0 Å². The highest BCUT2D eigenvalue weighted by Crippen LogP contribution is 2.06. The average molecular weight is 425 g/mol. The Morgan fingerprint density at radius 2 is 1.66 bits per heavy atom. The molecule has 0 spiro atoms. The van der Waals surface area contributed by atoms with E-state index in [9.17, 15) is 24.3 Å². The summed E-state index contributed by atoms with van der Waals surface area (Å²) in [4.78, 5) is 48.0. The summed E-state index contributed by atoms with van der Waals surface area (Å²) >= 11 is 1.47. The smallest absolute Gasteiger partial charge is 0.326 e. The Morgan fingerprint density at radius 1 is 1.03 bits per heavy atom. The highest BCUT2D eigenvalue weighted by Gasteiger charge is 2.28. The minimum atomic E-state index is -1.14. The van der Waals surface area contributed by atoms with E-state index in [4.69, 9.17) is 5.73 Å². The zero-order valence-corrected chi connectivity index (χ0v) is 17.3. The molecule has 0 bridgehead atoms. The normalized spacial score (nSPS) is 13.6. The van der Waals surface area contributed by atoms with Crippen molar-refractivity contribution < 1.29 is 24.3 Å². The second kappa shape index (κ2) is 12.8. The monoisotopic (exact) mass is 424 g/mol. The van der Waals surface area contributed by atoms with Crippen LogP contribution in [0.15, 0.2) is 30.3 Å². The Labute approximate surface area is 174 Å². The third-order valence-electron chi connectivity index (χ3n) is 4.10. The third-order valence-corrected chi connectivity index (χ3v) is 4.74. The number of hydrogen-bond donors (Lipinski definition) is 5. The lowest BCUT2D eigenvalue weighted by molar-refractivity contribution is -0.142. The van der Waals surface area contributed by atoms with Crippen molar-refractivity contribution in [2.75, 3.05) is 18.6 Å². The molecule has 0 aliphatic carbocycles. The maximum absolute atomic E-state index is 12.8. The molecule has 10 heteroatoms. The van der Waals surface area contributed by atoms with Crippen LogP contribution in [-0.4, -0.2) is 65.5 Å². The van der Waals surface area contributed by atoms with Crippen LogP contribution < -0.4 is 21.7 Å². The Balaban J connectivity index is 2.91. The van der Waals surface area contributed by atoms with Crippen LogP contribution in [0.2, 0.25) is 0 Å². The van der Waals surface area contributed by atoms with Gasteiger partial charge < -0.3 is 26.8 Å². The average Bonchev–Trinajstić information content (AvgIpc) is 2.70. The maximum atomic E-state index is 12.8. The van der Waals surface area contributed by atoms with Crippen LogP contribution in [0.5, 0.6) is 0 Å². The maximum Gasteiger partial charge on any atom is 0.326 e. The standard InChI is InChI=1S/C19H28N4O5S/c1-12(21-16(24)11-20)17(25)23-15(10-13-6-4-3-5-7-13)18(26)22-14(19(27)28)8-9-29-2/h3-7,12,14-15H,8-11,20H2,1-2H3,(H,21,24)(H,22,26)(H,23,25)(H,27,28). The molecule has 6 N–H and O–H groups in total. The highest BCUT2D eigenvalue weighted by molar-refractivity contribution is 7.98. The summed E-state index contributed by atoms with van der Waals surface area (Å²) in [5, 5.41) is 16.9. The molecule has 0 radical (unpaired) electrons. The van der Waals surface area contributed by atoms with E-state index in [2.05, 4.69) is 16.0 Å². The van der Waals surface area contributed by atoms with Gasteiger partial charge in [0.1, 0.15) is 18.1 Å². The molecular weight excluding hydrogens is 396 g/mol. The minimum Gasteiger partial charge on any atom is -0.480 e. The van der Waals surface area contributed by atoms with E-state index >= 15 is 0 Å². The number of carbonyl (C=O) groups excluding carboxylic acids is 3. The van der Waals surface area contributed by atoms with Crippen LogP contribution in [0.4, 0.5) is 0 Å². The number of nitrogens with one attached hydrogen (secondary N) is 3. The van der Waals surface area contributed by atoms with Crippen LogP contribution in [0.1, 0.15) is 18.9 Å². The lowest BCUT2D eigenvalue weighted by Gasteiger charge is -2.23. The van der Waals surface area contributed by atoms with E-state index < -0.39 is 41.8 Å². The third kappa shape index (κ3) is 8.97. The molecule has 0 aliphatic rings. The van der Waals surface area contributed by atoms with Crippen molar-refractivity contribution in [2.45, 2.75) is 37.9 Å². The molecule has 0 saturated heterocycles. The summed E-state index contributed by atoms with van der Waals surface area (Å²) in [6.07, 6.45) is 2.28. The predicted molar refractivity (Wildman–Crippen MR) is 111 cm³/mol. The van der Waals surface area contributed by atoms with Crippen molar-refractivity contribution in [1.82, 2.24) is 16.0 Å². The van der Waals surface area contributed by atoms with Gasteiger partial charge in [-0.1, -0.05) is 30.3 Å². The number of aliphatic carboxylic acids is 1. The molecule has 0 heterocycles. The van der Waals surface area contributed by atoms with E-state index in [0.29, 0.717) is 5.75 Å². The predicted octanol–water partition coefficient (Wildman–Crippen LogP) is -0.500. The lowest BCUT2D eigenvalue weighted by atomic mass is 10.0. The summed E-state index contributed by atoms with van der Waals surface area (Å²) in [7, 11) is 0. The van der Waals surface area contributed by atoms with Gasteiger partial charge in [-0.3, -0.25) is 14.4 Å². The van der Waals surface area contributed by atoms with Gasteiger partial charge in [-0.2, -0.15) is 11.8 Å². The number of hydrogen-bond acceptors (Lipinski definition) is 6. The van der Waals surface area contributed by atoms with Gasteiger partial charge >= 0.3 is 5.97 Å². The molecule has 1 aromatic carbocycles. The number of nitrogens with two attached hydrogens (primary N) is 1. The lowest BCUT2D eigenvalue weighted by Crippen LogP contribution is -2.56. The summed E-state index contributed by atoms with van der Waals surface area (Å²) in [6.45, 7) is 1.21. The fourth-order valence-electron chi connectivity index (χ4n) is 2.49. The number of thioether (sulfide) groups is 1. The molecular formula is C19H28N4O5S. The second-order valence-electron chi connectivity index (χ2n) is 6.43. The van der Waals surface area contributed by atoms with Gasteiger partial charge in [0, 0.05) is 6.42 Å². The summed E-state index contributed by atoms with van der Waals surface area (Å²) in [5.41, 5.74) is 6.02. The van der Waals surface area contributed by atoms with Crippen LogP contribution in [0.3, 0.4) is 0 Å². The molecule has 0 fully saturated rings. The van der Waals surface area contributed by atoms with Crippen molar-refractivity contribution in [2.24, 2.45) is 5.73 Å². The van der Waals surface area contributed by atoms with Crippen LogP contribution in [0.25, 0.3) is 0 Å². The molecule has 1 aromatic rings. The topological polar surface area (TPSA) is 151 Å². The summed E-state index contributed by atoms with van der Waals surface area (Å²) < 4.78 is 0. The largest absolute Gasteiger partial charge is 0.480 e. The molecule has 3 atom stereocenters. The fraction of sp³-hybridized carbons (Fsp3) is 0.474. The highest BCUT2D eigenvalue weighted by atomic mass is 32.2. The Kier molecular flexibility index (Phi) is 10.8. The van der Waals surface area contributed by atoms with E-state index in [1.54, 1.807) is 24.3 Å². The van der Waals surface area contributed by atoms with Gasteiger partial charge in [-0.15, -0.1) is 0 Å². The first-order valence-electron chi connectivity index (χ1n) is 9.14. The minimum absolute atomic E-state index is 0.171. The van der Waals surface area contributed by atoms with Gasteiger partial charge in [0.2, 0.25) is 17.7 Å². The zero-order chi connectivity index (χ0) is 21.8. The summed E-state index contributed by atoms with van der Waals surface area (Å²) in [5.74, 6) is -2.25. The van der Waals surface area contributed by atoms with E-state index in [1.807, 2.05) is 12.3 Å². The van der Waals surface area contributed by atoms with Crippen molar-refractivity contribution >= 4 is 35.5 Å². The van der Waals surface area contributed by atoms with Crippen molar-refractivity contribution in [3.05, 3.63) is 35.9 Å². The Bertz CT molecular complexity index is 701. The van der Waals surface area contributed by atoms with E-state index in [0.717, 1.165) is 5.56 Å². The number of amides is 3. The molecule has 0 aliphatic heterocycles. The first kappa shape index (κ1) is 24.4. The zero-order valence-electron chi connectivity index (χ0n) is 16.5. The van der Waals surface area contributed by atoms with Gasteiger partial charge in [0.05, 0.1) is 6.54 Å². The molecule has 29 heavy (non-hydrogen) atoms. The Hall–Kier alpha value is -2.59. The molecule has 1 rings (SSSR count). The Morgan fingerprint density at radius 3 is 2.21 bits per heavy atom. The number of rotatable bonds is 12. The molecule has 3 amide bonds. The first-order valence-corrected chi connectivity index (χ1v) is 10.5. The molecule has 0 saturated carbocycles. The van der Waals surface area contributed by atoms with E-state index in [-0.39, 0.29) is 19.4 Å². The number of carboxylic acids is 1. The number of carboxylic acid groups (broad SMARTS) is 1. The van der Waals surface area contributed by atoms with E-state index in [1.165, 1.54) is 18.7 Å². The molecule has 9 nitrogen and oxygen atoms in total. The van der Waals surface area contributed by atoms with Gasteiger partial charge in [-0.05, 0) is 30.9 Å². The van der Waals surface area contributed by atoms with Crippen LogP contribution in [0, 0.1) is 0 Å². The summed E-state index contributed by atoms with van der Waals surface area (Å²) in [6, 6.07) is 6.07. The fourth-order valence-corrected chi connectivity index (χ4v) is 2.96. The molecule has 3 unspecified atom stereocenters. The van der Waals surface area contributed by atoms with Crippen molar-refractivity contribution in [1.29, 1.82) is 0 Å². The van der Waals surface area contributed by atoms with Gasteiger partial charge in [0.15, 0.2) is 0 Å². The number of carbonyl (C=O) groups is 4. The van der Waals surface area contributed by atoms with Crippen LogP contribution in [-0.2, 0) is 25.6 Å². The first-order chi connectivity index (χ1) is 13.8. The van der Waals surface area contributed by atoms with Crippen molar-refractivity contribution in [3.63, 3.8) is 0 Å². The quantitative estimate of drug-likeness (QED) is 0.303. The van der Waals surface area contributed by atoms with Gasteiger partial charge in [-0.25, -0.2) is 4.79 Å². The molecule has 0 aromatic heterocycles. The van der Waals surface area contributed by atoms with Crippen molar-refractivity contribution in [3.8, 4) is 0 Å². The second-order valence-corrected chi connectivity index (χ2v) is 7.41.